The lowest BCUT2D eigenvalue weighted by Crippen LogP contribution is -3.00. The summed E-state index contributed by atoms with van der Waals surface area (Å²) in [4.78, 5) is 9.93. The number of allylic oxidation sites excluding steroid dienone is 1. The quantitative estimate of drug-likeness (QED) is 0.632. The van der Waals surface area contributed by atoms with Crippen LogP contribution in [-0.2, 0) is 6.42 Å². The van der Waals surface area contributed by atoms with E-state index in [9.17, 15) is 4.89 Å². The fourth-order valence-electron chi connectivity index (χ4n) is 1.61. The summed E-state index contributed by atoms with van der Waals surface area (Å²) in [5.41, 5.74) is 2.62. The van der Waals surface area contributed by atoms with Crippen molar-refractivity contribution in [2.24, 2.45) is 0 Å². The molecule has 0 spiro atoms. The minimum Gasteiger partial charge on any atom is -1.00 e. The summed E-state index contributed by atoms with van der Waals surface area (Å²) in [5.74, 6) is 0. The molecular formula is C11H16ClO2P. The van der Waals surface area contributed by atoms with Crippen LogP contribution >= 0.6 is 7.49 Å². The maximum absolute atomic E-state index is 9.93. The van der Waals surface area contributed by atoms with Gasteiger partial charge in [-0.2, -0.15) is 0 Å². The van der Waals surface area contributed by atoms with Gasteiger partial charge in [0.2, 0.25) is 0 Å². The van der Waals surface area contributed by atoms with Gasteiger partial charge in [-0.1, -0.05) is 24.3 Å². The van der Waals surface area contributed by atoms with Crippen LogP contribution in [0, 0.1) is 0 Å². The van der Waals surface area contributed by atoms with Gasteiger partial charge >= 0.3 is 0 Å². The summed E-state index contributed by atoms with van der Waals surface area (Å²) in [5, 5.41) is 1.22. The number of hydrogen-bond acceptors (Lipinski definition) is 1. The van der Waals surface area contributed by atoms with Crippen LogP contribution < -0.4 is 12.4 Å². The third-order valence-electron chi connectivity index (χ3n) is 2.45. The average Bonchev–Trinajstić information content (AvgIpc) is 2.45. The highest BCUT2D eigenvalue weighted by atomic mass is 35.5. The molecule has 0 fully saturated rings. The van der Waals surface area contributed by atoms with E-state index < -0.39 is 7.49 Å². The zero-order valence-electron chi connectivity index (χ0n) is 8.87. The van der Waals surface area contributed by atoms with Crippen LogP contribution in [0.4, 0.5) is 0 Å². The van der Waals surface area contributed by atoms with Gasteiger partial charge in [-0.3, -0.25) is 0 Å². The summed E-state index contributed by atoms with van der Waals surface area (Å²) >= 11 is 0. The fraction of sp³-hybridized carbons (Fsp3) is 0.273. The molecule has 0 radical (unpaired) electrons. The van der Waals surface area contributed by atoms with Gasteiger partial charge in [0.25, 0.3) is 0 Å². The first-order valence-electron chi connectivity index (χ1n) is 4.43. The van der Waals surface area contributed by atoms with Crippen molar-refractivity contribution in [3.05, 3.63) is 40.7 Å². The van der Waals surface area contributed by atoms with Crippen molar-refractivity contribution in [1.82, 2.24) is 0 Å². The van der Waals surface area contributed by atoms with E-state index in [4.69, 9.17) is 0 Å². The molecule has 4 heteroatoms. The van der Waals surface area contributed by atoms with Crippen LogP contribution in [0.5, 0.6) is 0 Å². The first-order valence-corrected chi connectivity index (χ1v) is 7.07. The summed E-state index contributed by atoms with van der Waals surface area (Å²) in [6.07, 6.45) is 3.08. The van der Waals surface area contributed by atoms with E-state index in [1.165, 1.54) is 16.4 Å². The number of halogens is 1. The number of benzene rings is 1. The zero-order chi connectivity index (χ0) is 9.47. The predicted molar refractivity (Wildman–Crippen MR) is 62.7 cm³/mol. The minimum atomic E-state index is -1.78. The number of fused-ring (bicyclic) bond motifs is 1. The Morgan fingerprint density at radius 2 is 1.80 bits per heavy atom. The summed E-state index contributed by atoms with van der Waals surface area (Å²) in [6, 6.07) is 8.34. The summed E-state index contributed by atoms with van der Waals surface area (Å²) < 4.78 is 0. The molecule has 84 valence electrons. The third kappa shape index (κ3) is 3.02. The Hall–Kier alpha value is -0.400. The highest BCUT2D eigenvalue weighted by Crippen LogP contribution is 2.58. The highest BCUT2D eigenvalue weighted by Gasteiger charge is 2.31. The molecule has 0 aliphatic heterocycles. The minimum absolute atomic E-state index is 0. The van der Waals surface area contributed by atoms with Gasteiger partial charge in [0.05, 0.1) is 13.3 Å². The van der Waals surface area contributed by atoms with Gasteiger partial charge in [-0.25, -0.2) is 4.89 Å². The molecule has 0 aromatic heterocycles. The standard InChI is InChI=1S/C11H14OP.ClH.H2O/c1-13(2,12)11-7-9-5-3-4-6-10(9)8-11;;/h3-7,12H,8H2,1-2H3;1H;1H2/q+1;;/p-1. The lowest BCUT2D eigenvalue weighted by molar-refractivity contribution is -0.00000513. The first kappa shape index (κ1) is 14.6. The van der Waals surface area contributed by atoms with Gasteiger partial charge in [-0.15, -0.1) is 0 Å². The maximum atomic E-state index is 9.93. The van der Waals surface area contributed by atoms with Crippen LogP contribution in [-0.4, -0.2) is 23.7 Å². The Labute approximate surface area is 97.2 Å². The van der Waals surface area contributed by atoms with E-state index in [1.54, 1.807) is 0 Å². The Morgan fingerprint density at radius 1 is 1.20 bits per heavy atom. The van der Waals surface area contributed by atoms with E-state index >= 15 is 0 Å². The van der Waals surface area contributed by atoms with Gasteiger partial charge < -0.3 is 17.9 Å². The summed E-state index contributed by atoms with van der Waals surface area (Å²) in [6.45, 7) is 3.90. The van der Waals surface area contributed by atoms with Crippen molar-refractivity contribution in [1.29, 1.82) is 0 Å². The smallest absolute Gasteiger partial charge is 0.164 e. The Kier molecular flexibility index (Phi) is 4.95. The normalized spacial score (nSPS) is 13.4. The molecule has 0 saturated heterocycles. The van der Waals surface area contributed by atoms with Gasteiger partial charge in [-0.05, 0) is 17.2 Å². The number of rotatable bonds is 1. The molecule has 0 amide bonds. The zero-order valence-corrected chi connectivity index (χ0v) is 10.5. The molecule has 2 rings (SSSR count). The van der Waals surface area contributed by atoms with E-state index in [1.807, 2.05) is 19.4 Å². The van der Waals surface area contributed by atoms with Crippen molar-refractivity contribution in [3.63, 3.8) is 0 Å². The van der Waals surface area contributed by atoms with Crippen molar-refractivity contribution in [2.75, 3.05) is 13.3 Å². The molecule has 2 nitrogen and oxygen atoms in total. The van der Waals surface area contributed by atoms with Gasteiger partial charge in [0.1, 0.15) is 5.31 Å². The first-order chi connectivity index (χ1) is 6.07. The van der Waals surface area contributed by atoms with Crippen LogP contribution in [0.1, 0.15) is 11.1 Å². The molecule has 1 aromatic rings. The second-order valence-electron chi connectivity index (χ2n) is 3.91. The van der Waals surface area contributed by atoms with Crippen LogP contribution in [0.2, 0.25) is 0 Å². The highest BCUT2D eigenvalue weighted by molar-refractivity contribution is 7.73. The molecule has 15 heavy (non-hydrogen) atoms. The Bertz CT molecular complexity index is 369. The molecule has 1 aliphatic rings. The summed E-state index contributed by atoms with van der Waals surface area (Å²) in [7, 11) is -1.78. The molecule has 0 heterocycles. The van der Waals surface area contributed by atoms with Gasteiger partial charge in [0, 0.05) is 6.42 Å². The number of hydrogen-bond donors (Lipinski definition) is 1. The molecule has 1 aromatic carbocycles. The molecule has 0 unspecified atom stereocenters. The van der Waals surface area contributed by atoms with Crippen molar-refractivity contribution < 1.29 is 22.8 Å². The second kappa shape index (κ2) is 5.09. The lowest BCUT2D eigenvalue weighted by atomic mass is 10.1. The Balaban J connectivity index is 0.000000980. The molecule has 1 aliphatic carbocycles. The predicted octanol–water partition coefficient (Wildman–Crippen LogP) is -1.05. The van der Waals surface area contributed by atoms with Crippen molar-refractivity contribution >= 4 is 13.6 Å². The molecule has 3 N–H and O–H groups in total. The molecule has 0 saturated carbocycles. The average molecular weight is 247 g/mol. The third-order valence-corrected chi connectivity index (χ3v) is 4.14. The van der Waals surface area contributed by atoms with Gasteiger partial charge in [0.15, 0.2) is 7.49 Å². The van der Waals surface area contributed by atoms with E-state index in [2.05, 4.69) is 24.3 Å². The van der Waals surface area contributed by atoms with E-state index in [0.717, 1.165) is 6.42 Å². The Morgan fingerprint density at radius 3 is 2.33 bits per heavy atom. The van der Waals surface area contributed by atoms with Crippen molar-refractivity contribution in [3.8, 4) is 0 Å². The molecule has 0 bridgehead atoms. The fourth-order valence-corrected chi connectivity index (χ4v) is 2.63. The molecular weight excluding hydrogens is 231 g/mol. The maximum Gasteiger partial charge on any atom is 0.164 e. The monoisotopic (exact) mass is 246 g/mol. The molecule has 0 atom stereocenters. The largest absolute Gasteiger partial charge is 1.00 e. The lowest BCUT2D eigenvalue weighted by Gasteiger charge is -2.08. The van der Waals surface area contributed by atoms with Crippen LogP contribution in [0.15, 0.2) is 29.6 Å². The second-order valence-corrected chi connectivity index (χ2v) is 7.27. The van der Waals surface area contributed by atoms with Crippen LogP contribution in [0.3, 0.4) is 0 Å². The van der Waals surface area contributed by atoms with Crippen molar-refractivity contribution in [2.45, 2.75) is 6.42 Å². The topological polar surface area (TPSA) is 51.7 Å². The SMILES string of the molecule is C[P+](C)(O)C1=Cc2ccccc2C1.O.[Cl-]. The van der Waals surface area contributed by atoms with E-state index in [-0.39, 0.29) is 17.9 Å². The van der Waals surface area contributed by atoms with Crippen LogP contribution in [0.25, 0.3) is 6.08 Å². The van der Waals surface area contributed by atoms with E-state index in [0.29, 0.717) is 0 Å².